The zero-order chi connectivity index (χ0) is 25.3. The van der Waals surface area contributed by atoms with Crippen molar-refractivity contribution < 1.29 is 0 Å². The summed E-state index contributed by atoms with van der Waals surface area (Å²) in [7, 11) is 0. The number of aromatic nitrogens is 1. The maximum absolute atomic E-state index is 10.2. The Morgan fingerprint density at radius 2 is 1.46 bits per heavy atom. The molecule has 0 bridgehead atoms. The van der Waals surface area contributed by atoms with Crippen LogP contribution in [-0.2, 0) is 0 Å². The van der Waals surface area contributed by atoms with Gasteiger partial charge in [-0.2, -0.15) is 5.26 Å². The Hall–Kier alpha value is -4.35. The van der Waals surface area contributed by atoms with Gasteiger partial charge in [0, 0.05) is 17.1 Å². The van der Waals surface area contributed by atoms with Crippen molar-refractivity contribution >= 4 is 32.4 Å². The third-order valence-electron chi connectivity index (χ3n) is 8.42. The maximum Gasteiger partial charge on any atom is 0.0998 e. The Kier molecular flexibility index (Phi) is 4.78. The molecule has 0 spiro atoms. The average Bonchev–Trinajstić information content (AvgIpc) is 3.64. The molecule has 1 aromatic heterocycles. The van der Waals surface area contributed by atoms with Crippen molar-refractivity contribution in [3.63, 3.8) is 0 Å². The second kappa shape index (κ2) is 8.08. The van der Waals surface area contributed by atoms with Gasteiger partial charge in [-0.25, -0.2) is 0 Å². The molecule has 178 valence electrons. The van der Waals surface area contributed by atoms with E-state index in [1.165, 1.54) is 67.9 Å². The molecule has 2 heteroatoms. The lowest BCUT2D eigenvalue weighted by Gasteiger charge is -2.16. The molecular formula is C35H28N2. The predicted octanol–water partition coefficient (Wildman–Crippen LogP) is 9.48. The van der Waals surface area contributed by atoms with Crippen LogP contribution in [0.4, 0.5) is 0 Å². The van der Waals surface area contributed by atoms with Gasteiger partial charge in [0.2, 0.25) is 0 Å². The fourth-order valence-electron chi connectivity index (χ4n) is 6.16. The molecule has 0 aliphatic heterocycles. The van der Waals surface area contributed by atoms with Crippen LogP contribution >= 0.6 is 0 Å². The molecule has 1 heterocycles. The molecule has 1 fully saturated rings. The van der Waals surface area contributed by atoms with Gasteiger partial charge in [-0.1, -0.05) is 48.5 Å². The normalized spacial score (nSPS) is 13.5. The van der Waals surface area contributed by atoms with Crippen molar-refractivity contribution in [3.05, 3.63) is 107 Å². The average molecular weight is 477 g/mol. The lowest BCUT2D eigenvalue weighted by atomic mass is 9.88. The van der Waals surface area contributed by atoms with Crippen molar-refractivity contribution in [1.82, 2.24) is 4.98 Å². The number of nitriles is 1. The zero-order valence-electron chi connectivity index (χ0n) is 21.4. The molecule has 2 nitrogen and oxygen atoms in total. The number of aryl methyl sites for hydroxylation is 3. The van der Waals surface area contributed by atoms with Crippen LogP contribution in [0, 0.1) is 32.1 Å². The third-order valence-corrected chi connectivity index (χ3v) is 8.42. The molecule has 7 rings (SSSR count). The molecule has 0 amide bonds. The Labute approximate surface area is 217 Å². The van der Waals surface area contributed by atoms with E-state index in [-0.39, 0.29) is 0 Å². The summed E-state index contributed by atoms with van der Waals surface area (Å²) in [5.41, 5.74) is 11.8. The lowest BCUT2D eigenvalue weighted by Crippen LogP contribution is -1.93. The fourth-order valence-corrected chi connectivity index (χ4v) is 6.16. The molecule has 0 unspecified atom stereocenters. The Morgan fingerprint density at radius 3 is 2.24 bits per heavy atom. The highest BCUT2D eigenvalue weighted by atomic mass is 14.7. The summed E-state index contributed by atoms with van der Waals surface area (Å²) in [6.07, 6.45) is 4.56. The molecule has 5 aromatic carbocycles. The number of aromatic amines is 1. The number of hydrogen-bond donors (Lipinski definition) is 1. The summed E-state index contributed by atoms with van der Waals surface area (Å²) in [5.74, 6) is 0.692. The van der Waals surface area contributed by atoms with E-state index in [1.54, 1.807) is 0 Å². The second-order valence-electron chi connectivity index (χ2n) is 10.7. The molecule has 37 heavy (non-hydrogen) atoms. The minimum absolute atomic E-state index is 0.692. The highest BCUT2D eigenvalue weighted by Crippen LogP contribution is 2.45. The van der Waals surface area contributed by atoms with E-state index in [9.17, 15) is 5.26 Å². The van der Waals surface area contributed by atoms with Crippen LogP contribution in [-0.4, -0.2) is 4.98 Å². The summed E-state index contributed by atoms with van der Waals surface area (Å²) in [4.78, 5) is 3.37. The second-order valence-corrected chi connectivity index (χ2v) is 10.7. The van der Waals surface area contributed by atoms with Gasteiger partial charge in [-0.3, -0.25) is 0 Å². The SMILES string of the molecule is Cc1ccc(C2CC2)c2cc(-c3cc(C#N)c4cc(-c5ccc6cc[nH]c6c5C)ccc4c3C)ccc12. The smallest absolute Gasteiger partial charge is 0.0998 e. The number of benzene rings is 5. The minimum Gasteiger partial charge on any atom is -0.361 e. The summed E-state index contributed by atoms with van der Waals surface area (Å²) in [6, 6.07) is 29.1. The highest BCUT2D eigenvalue weighted by molar-refractivity contribution is 6.01. The summed E-state index contributed by atoms with van der Waals surface area (Å²) in [5, 5.41) is 16.3. The first-order valence-corrected chi connectivity index (χ1v) is 13.1. The van der Waals surface area contributed by atoms with Gasteiger partial charge in [0.1, 0.15) is 0 Å². The number of nitrogens with zero attached hydrogens (tertiary/aromatic N) is 1. The molecular weight excluding hydrogens is 448 g/mol. The van der Waals surface area contributed by atoms with Crippen LogP contribution in [0.3, 0.4) is 0 Å². The highest BCUT2D eigenvalue weighted by Gasteiger charge is 2.25. The summed E-state index contributed by atoms with van der Waals surface area (Å²) < 4.78 is 0. The van der Waals surface area contributed by atoms with Crippen molar-refractivity contribution in [2.75, 3.05) is 0 Å². The molecule has 6 aromatic rings. The van der Waals surface area contributed by atoms with Crippen molar-refractivity contribution in [2.24, 2.45) is 0 Å². The molecule has 0 atom stereocenters. The number of hydrogen-bond acceptors (Lipinski definition) is 1. The molecule has 1 N–H and O–H groups in total. The van der Waals surface area contributed by atoms with Crippen LogP contribution in [0.1, 0.15) is 46.6 Å². The third kappa shape index (κ3) is 3.39. The van der Waals surface area contributed by atoms with Gasteiger partial charge in [-0.15, -0.1) is 0 Å². The monoisotopic (exact) mass is 476 g/mol. The Morgan fingerprint density at radius 1 is 0.703 bits per heavy atom. The zero-order valence-corrected chi connectivity index (χ0v) is 21.4. The van der Waals surface area contributed by atoms with E-state index in [0.717, 1.165) is 27.5 Å². The number of fused-ring (bicyclic) bond motifs is 3. The predicted molar refractivity (Wildman–Crippen MR) is 155 cm³/mol. The summed E-state index contributed by atoms with van der Waals surface area (Å²) in [6.45, 7) is 6.55. The van der Waals surface area contributed by atoms with Crippen LogP contribution < -0.4 is 0 Å². The maximum atomic E-state index is 10.2. The van der Waals surface area contributed by atoms with Gasteiger partial charge in [-0.05, 0) is 130 Å². The first-order valence-electron chi connectivity index (χ1n) is 13.1. The van der Waals surface area contributed by atoms with Crippen LogP contribution in [0.5, 0.6) is 0 Å². The standard InChI is InChI=1S/C35H28N2/c1-20-4-10-31(23-5-6-23)34-17-26(8-11-28(20)34)32-18-27(19-36)33-16-25(9-13-30(33)21(32)2)29-12-7-24-14-15-37-35(24)22(29)3/h4,7-18,23,37H,5-6H2,1-3H3. The van der Waals surface area contributed by atoms with Gasteiger partial charge in [0.25, 0.3) is 0 Å². The van der Waals surface area contributed by atoms with Crippen LogP contribution in [0.15, 0.2) is 79.0 Å². The van der Waals surface area contributed by atoms with Crippen molar-refractivity contribution in [3.8, 4) is 28.3 Å². The van der Waals surface area contributed by atoms with Gasteiger partial charge >= 0.3 is 0 Å². The van der Waals surface area contributed by atoms with Gasteiger partial charge < -0.3 is 4.98 Å². The van der Waals surface area contributed by atoms with Crippen molar-refractivity contribution in [1.29, 1.82) is 5.26 Å². The van der Waals surface area contributed by atoms with E-state index in [1.807, 2.05) is 6.20 Å². The Balaban J connectivity index is 1.41. The molecule has 1 saturated carbocycles. The minimum atomic E-state index is 0.692. The number of rotatable bonds is 3. The van der Waals surface area contributed by atoms with Gasteiger partial charge in [0.05, 0.1) is 11.6 Å². The van der Waals surface area contributed by atoms with Crippen molar-refractivity contribution in [2.45, 2.75) is 39.5 Å². The largest absolute Gasteiger partial charge is 0.361 e. The lowest BCUT2D eigenvalue weighted by molar-refractivity contribution is 1.15. The van der Waals surface area contributed by atoms with E-state index in [0.29, 0.717) is 5.92 Å². The summed E-state index contributed by atoms with van der Waals surface area (Å²) >= 11 is 0. The number of H-pyrrole nitrogens is 1. The fraction of sp³-hybridized carbons (Fsp3) is 0.171. The molecule has 0 saturated heterocycles. The number of nitrogens with one attached hydrogen (secondary N) is 1. The molecule has 1 aliphatic rings. The topological polar surface area (TPSA) is 39.6 Å². The quantitative estimate of drug-likeness (QED) is 0.271. The Bertz CT molecular complexity index is 1930. The van der Waals surface area contributed by atoms with E-state index in [2.05, 4.69) is 105 Å². The first kappa shape index (κ1) is 21.9. The van der Waals surface area contributed by atoms with E-state index >= 15 is 0 Å². The van der Waals surface area contributed by atoms with Gasteiger partial charge in [0.15, 0.2) is 0 Å². The molecule has 0 radical (unpaired) electrons. The van der Waals surface area contributed by atoms with Crippen LogP contribution in [0.25, 0.3) is 54.7 Å². The van der Waals surface area contributed by atoms with E-state index in [4.69, 9.17) is 0 Å². The first-order chi connectivity index (χ1) is 18.0. The molecule has 1 aliphatic carbocycles. The van der Waals surface area contributed by atoms with E-state index < -0.39 is 0 Å². The van der Waals surface area contributed by atoms with Crippen LogP contribution in [0.2, 0.25) is 0 Å².